The first-order valence-corrected chi connectivity index (χ1v) is 11.4. The minimum Gasteiger partial charge on any atom is -0.345 e. The Hall–Kier alpha value is -4.87. The molecule has 12 nitrogen and oxygen atoms in total. The summed E-state index contributed by atoms with van der Waals surface area (Å²) < 4.78 is 3.33. The lowest BCUT2D eigenvalue weighted by molar-refractivity contribution is -0.136. The minimum absolute atomic E-state index is 0.139. The van der Waals surface area contributed by atoms with Gasteiger partial charge < -0.3 is 14.6 Å². The van der Waals surface area contributed by atoms with Crippen molar-refractivity contribution in [2.45, 2.75) is 32.0 Å². The molecule has 2 aliphatic heterocycles. The third kappa shape index (κ3) is 3.68. The van der Waals surface area contributed by atoms with Crippen LogP contribution >= 0.6 is 0 Å². The van der Waals surface area contributed by atoms with E-state index in [1.54, 1.807) is 24.5 Å². The third-order valence-corrected chi connectivity index (χ3v) is 6.44. The van der Waals surface area contributed by atoms with Gasteiger partial charge in [0, 0.05) is 24.7 Å². The minimum atomic E-state index is -0.680. The van der Waals surface area contributed by atoms with Crippen LogP contribution in [-0.4, -0.2) is 58.9 Å². The number of benzene rings is 1. The molecule has 36 heavy (non-hydrogen) atoms. The first-order chi connectivity index (χ1) is 17.5. The molecular formula is C24H20N8O4. The van der Waals surface area contributed by atoms with Crippen molar-refractivity contribution < 1.29 is 19.2 Å². The molecule has 0 spiro atoms. The lowest BCUT2D eigenvalue weighted by Crippen LogP contribution is -2.52. The Kier molecular flexibility index (Phi) is 5.06. The maximum atomic E-state index is 12.9. The Morgan fingerprint density at radius 1 is 1.17 bits per heavy atom. The number of nitrogens with one attached hydrogen (secondary N) is 2. The van der Waals surface area contributed by atoms with Gasteiger partial charge in [0.15, 0.2) is 5.69 Å². The summed E-state index contributed by atoms with van der Waals surface area (Å²) in [7, 11) is 0. The van der Waals surface area contributed by atoms with E-state index in [1.807, 2.05) is 28.8 Å². The molecule has 0 saturated carbocycles. The summed E-state index contributed by atoms with van der Waals surface area (Å²) in [4.78, 5) is 55.0. The summed E-state index contributed by atoms with van der Waals surface area (Å²) in [6.07, 6.45) is 5.58. The Morgan fingerprint density at radius 2 is 2.06 bits per heavy atom. The number of imidazole rings is 1. The largest absolute Gasteiger partial charge is 0.345 e. The van der Waals surface area contributed by atoms with Crippen molar-refractivity contribution in [3.05, 3.63) is 77.6 Å². The van der Waals surface area contributed by atoms with E-state index >= 15 is 0 Å². The summed E-state index contributed by atoms with van der Waals surface area (Å²) in [6, 6.07) is 10.2. The van der Waals surface area contributed by atoms with E-state index in [1.165, 1.54) is 15.8 Å². The highest BCUT2D eigenvalue weighted by Gasteiger charge is 2.39. The van der Waals surface area contributed by atoms with Crippen molar-refractivity contribution in [3.63, 3.8) is 0 Å². The molecule has 2 N–H and O–H groups in total. The highest BCUT2D eigenvalue weighted by atomic mass is 16.2. The summed E-state index contributed by atoms with van der Waals surface area (Å²) in [5.74, 6) is -1.43. The highest BCUT2D eigenvalue weighted by molar-refractivity contribution is 6.05. The van der Waals surface area contributed by atoms with Crippen molar-refractivity contribution >= 4 is 29.1 Å². The molecule has 1 aromatic carbocycles. The normalized spacial score (nSPS) is 17.4. The van der Waals surface area contributed by atoms with Gasteiger partial charge in [0.25, 0.3) is 11.8 Å². The van der Waals surface area contributed by atoms with Crippen LogP contribution in [0.1, 0.15) is 44.9 Å². The van der Waals surface area contributed by atoms with Gasteiger partial charge >= 0.3 is 0 Å². The number of rotatable bonds is 5. The van der Waals surface area contributed by atoms with Gasteiger partial charge in [0.05, 0.1) is 36.0 Å². The van der Waals surface area contributed by atoms with Gasteiger partial charge in [0.1, 0.15) is 6.04 Å². The van der Waals surface area contributed by atoms with Gasteiger partial charge in [0.2, 0.25) is 11.8 Å². The van der Waals surface area contributed by atoms with Crippen LogP contribution in [0.4, 0.5) is 0 Å². The van der Waals surface area contributed by atoms with Crippen LogP contribution in [0, 0.1) is 0 Å². The number of fused-ring (bicyclic) bond motifs is 2. The summed E-state index contributed by atoms with van der Waals surface area (Å²) >= 11 is 0. The topological polar surface area (TPSA) is 144 Å². The van der Waals surface area contributed by atoms with Crippen molar-refractivity contribution in [1.29, 1.82) is 0 Å². The van der Waals surface area contributed by atoms with Gasteiger partial charge in [-0.25, -0.2) is 9.67 Å². The zero-order chi connectivity index (χ0) is 24.8. The summed E-state index contributed by atoms with van der Waals surface area (Å²) in [6.45, 7) is 0.484. The average Bonchev–Trinajstić information content (AvgIpc) is 3.60. The van der Waals surface area contributed by atoms with E-state index in [4.69, 9.17) is 0 Å². The fourth-order valence-corrected chi connectivity index (χ4v) is 4.59. The van der Waals surface area contributed by atoms with E-state index in [9.17, 15) is 19.2 Å². The van der Waals surface area contributed by atoms with Crippen molar-refractivity contribution in [3.8, 4) is 5.69 Å². The molecule has 0 radical (unpaired) electrons. The molecule has 0 bridgehead atoms. The molecule has 3 aromatic heterocycles. The first-order valence-electron chi connectivity index (χ1n) is 11.4. The van der Waals surface area contributed by atoms with Crippen LogP contribution in [0.25, 0.3) is 11.2 Å². The molecule has 4 aromatic rings. The Bertz CT molecular complexity index is 1550. The Labute approximate surface area is 203 Å². The van der Waals surface area contributed by atoms with Gasteiger partial charge in [-0.15, -0.1) is 5.10 Å². The molecule has 1 saturated heterocycles. The fourth-order valence-electron chi connectivity index (χ4n) is 4.59. The van der Waals surface area contributed by atoms with Crippen LogP contribution in [0.3, 0.4) is 0 Å². The molecule has 0 aliphatic carbocycles. The van der Waals surface area contributed by atoms with Crippen LogP contribution in [0.15, 0.2) is 55.1 Å². The van der Waals surface area contributed by atoms with Crippen molar-refractivity contribution in [2.75, 3.05) is 0 Å². The highest BCUT2D eigenvalue weighted by Crippen LogP contribution is 2.29. The lowest BCUT2D eigenvalue weighted by Gasteiger charge is -2.29. The zero-order valence-electron chi connectivity index (χ0n) is 18.9. The predicted octanol–water partition coefficient (Wildman–Crippen LogP) is 0.606. The number of aromatic nitrogens is 5. The van der Waals surface area contributed by atoms with E-state index in [2.05, 4.69) is 25.9 Å². The molecular weight excluding hydrogens is 464 g/mol. The van der Waals surface area contributed by atoms with Crippen molar-refractivity contribution in [2.24, 2.45) is 0 Å². The molecule has 6 rings (SSSR count). The standard InChI is InChI=1S/C24H20N8O4/c33-21-7-6-20(23(35)27-21)31-11-14-9-15(4-5-16(14)24(31)36)32-12-18(28-29-32)22(34)25-10-17-19-3-1-2-8-30(19)13-26-17/h1-5,8-9,12-13,20H,6-7,10-11H2,(H,25,34)(H,27,33,35). The number of hydrogen-bond donors (Lipinski definition) is 2. The van der Waals surface area contributed by atoms with Gasteiger partial charge in [-0.1, -0.05) is 11.3 Å². The molecule has 5 heterocycles. The molecule has 2 aliphatic rings. The SMILES string of the molecule is O=C1CCC(N2Cc3cc(-n4cc(C(=O)NCc5ncn6ccccc56)nn4)ccc3C2=O)C(=O)N1. The van der Waals surface area contributed by atoms with Crippen molar-refractivity contribution in [1.82, 2.24) is 39.9 Å². The number of amides is 4. The van der Waals surface area contributed by atoms with Crippen LogP contribution in [0.5, 0.6) is 0 Å². The summed E-state index contributed by atoms with van der Waals surface area (Å²) in [5, 5.41) is 13.2. The molecule has 1 fully saturated rings. The third-order valence-electron chi connectivity index (χ3n) is 6.44. The van der Waals surface area contributed by atoms with E-state index in [0.29, 0.717) is 17.7 Å². The van der Waals surface area contributed by atoms with Crippen LogP contribution in [-0.2, 0) is 22.7 Å². The average molecular weight is 484 g/mol. The number of hydrogen-bond acceptors (Lipinski definition) is 7. The van der Waals surface area contributed by atoms with Gasteiger partial charge in [-0.05, 0) is 42.3 Å². The molecule has 12 heteroatoms. The Balaban J connectivity index is 1.16. The second-order valence-electron chi connectivity index (χ2n) is 8.66. The number of piperidine rings is 1. The number of imide groups is 1. The van der Waals surface area contributed by atoms with Crippen LogP contribution in [0.2, 0.25) is 0 Å². The lowest BCUT2D eigenvalue weighted by atomic mass is 10.0. The number of pyridine rings is 1. The smallest absolute Gasteiger partial charge is 0.273 e. The first kappa shape index (κ1) is 21.6. The van der Waals surface area contributed by atoms with E-state index < -0.39 is 17.9 Å². The second-order valence-corrected chi connectivity index (χ2v) is 8.66. The van der Waals surface area contributed by atoms with E-state index in [0.717, 1.165) is 16.8 Å². The van der Waals surface area contributed by atoms with Crippen LogP contribution < -0.4 is 10.6 Å². The second kappa shape index (κ2) is 8.41. The number of carbonyl (C=O) groups is 4. The van der Waals surface area contributed by atoms with Gasteiger partial charge in [-0.2, -0.15) is 0 Å². The number of carbonyl (C=O) groups excluding carboxylic acids is 4. The molecule has 4 amide bonds. The molecule has 1 unspecified atom stereocenters. The quantitative estimate of drug-likeness (QED) is 0.395. The monoisotopic (exact) mass is 484 g/mol. The van der Waals surface area contributed by atoms with Gasteiger partial charge in [-0.3, -0.25) is 24.5 Å². The zero-order valence-corrected chi connectivity index (χ0v) is 18.9. The van der Waals surface area contributed by atoms with E-state index in [-0.39, 0.29) is 37.0 Å². The molecule has 180 valence electrons. The maximum Gasteiger partial charge on any atom is 0.273 e. The maximum absolute atomic E-state index is 12.9. The number of nitrogens with zero attached hydrogens (tertiary/aromatic N) is 6. The fraction of sp³-hybridized carbons (Fsp3) is 0.208. The molecule has 1 atom stereocenters. The summed E-state index contributed by atoms with van der Waals surface area (Å²) in [5.41, 5.74) is 3.63. The predicted molar refractivity (Wildman–Crippen MR) is 124 cm³/mol. The Morgan fingerprint density at radius 3 is 2.92 bits per heavy atom.